The molecule has 0 aliphatic heterocycles. The first kappa shape index (κ1) is 11.3. The largest absolute Gasteiger partial charge is 0.481 e. The van der Waals surface area contributed by atoms with E-state index >= 15 is 0 Å². The van der Waals surface area contributed by atoms with Crippen LogP contribution in [0.2, 0.25) is 0 Å². The zero-order valence-electron chi connectivity index (χ0n) is 8.71. The average Bonchev–Trinajstić information content (AvgIpc) is 2.85. The molecule has 0 amide bonds. The smallest absolute Gasteiger partial charge is 0.306 e. The maximum atomic E-state index is 10.7. The van der Waals surface area contributed by atoms with Gasteiger partial charge in [0.15, 0.2) is 0 Å². The van der Waals surface area contributed by atoms with Crippen molar-refractivity contribution >= 4 is 28.6 Å². The van der Waals surface area contributed by atoms with E-state index in [9.17, 15) is 4.79 Å². The normalized spacial score (nSPS) is 12.6. The van der Waals surface area contributed by atoms with Crippen molar-refractivity contribution in [1.82, 2.24) is 4.98 Å². The molecule has 2 rings (SSSR count). The minimum absolute atomic E-state index is 0.373. The molecule has 0 spiro atoms. The Morgan fingerprint density at radius 3 is 3.00 bits per heavy atom. The number of carboxylic acids is 1. The van der Waals surface area contributed by atoms with Gasteiger partial charge in [-0.05, 0) is 11.4 Å². The summed E-state index contributed by atoms with van der Waals surface area (Å²) in [5.41, 5.74) is 0.951. The molecule has 5 heteroatoms. The predicted octanol–water partition coefficient (Wildman–Crippen LogP) is 3.13. The highest BCUT2D eigenvalue weighted by molar-refractivity contribution is 7.14. The highest BCUT2D eigenvalue weighted by atomic mass is 32.1. The number of rotatable bonds is 4. The predicted molar refractivity (Wildman–Crippen MR) is 65.9 cm³/mol. The lowest BCUT2D eigenvalue weighted by Crippen LogP contribution is -2.11. The number of hydrogen-bond donors (Lipinski definition) is 1. The summed E-state index contributed by atoms with van der Waals surface area (Å²) in [5.74, 6) is -1.14. The maximum Gasteiger partial charge on any atom is 0.306 e. The molecule has 0 saturated carbocycles. The third-order valence-electron chi connectivity index (χ3n) is 2.23. The summed E-state index contributed by atoms with van der Waals surface area (Å²) >= 11 is 3.17. The van der Waals surface area contributed by atoms with Gasteiger partial charge in [0, 0.05) is 11.8 Å². The van der Waals surface area contributed by atoms with Gasteiger partial charge in [0.25, 0.3) is 0 Å². The zero-order chi connectivity index (χ0) is 11.5. The van der Waals surface area contributed by atoms with Gasteiger partial charge in [-0.2, -0.15) is 0 Å². The molecule has 2 aromatic heterocycles. The van der Waals surface area contributed by atoms with Crippen LogP contribution in [0, 0.1) is 5.92 Å². The van der Waals surface area contributed by atoms with Gasteiger partial charge in [-0.15, -0.1) is 22.7 Å². The Bertz CT molecular complexity index is 476. The molecule has 1 unspecified atom stereocenters. The van der Waals surface area contributed by atoms with Gasteiger partial charge in [-0.25, -0.2) is 4.98 Å². The Kier molecular flexibility index (Phi) is 3.36. The zero-order valence-corrected chi connectivity index (χ0v) is 10.3. The fraction of sp³-hybridized carbons (Fsp3) is 0.273. The first-order valence-electron chi connectivity index (χ1n) is 4.88. The van der Waals surface area contributed by atoms with Crippen LogP contribution in [-0.2, 0) is 11.2 Å². The van der Waals surface area contributed by atoms with Crippen LogP contribution in [0.1, 0.15) is 11.9 Å². The third kappa shape index (κ3) is 2.48. The standard InChI is InChI=1S/C11H11NO2S2/c1-7(11(13)14)5-10-12-8(6-16-10)9-3-2-4-15-9/h2-4,6-7H,5H2,1H3,(H,13,14). The monoisotopic (exact) mass is 253 g/mol. The molecule has 0 aliphatic rings. The van der Waals surface area contributed by atoms with E-state index in [-0.39, 0.29) is 5.92 Å². The van der Waals surface area contributed by atoms with E-state index in [1.165, 1.54) is 11.3 Å². The molecule has 2 heterocycles. The van der Waals surface area contributed by atoms with Crippen molar-refractivity contribution in [1.29, 1.82) is 0 Å². The molecule has 0 radical (unpaired) electrons. The Morgan fingerprint density at radius 2 is 2.38 bits per heavy atom. The number of thiazole rings is 1. The highest BCUT2D eigenvalue weighted by Gasteiger charge is 2.14. The van der Waals surface area contributed by atoms with Gasteiger partial charge < -0.3 is 5.11 Å². The van der Waals surface area contributed by atoms with Gasteiger partial charge in [0.2, 0.25) is 0 Å². The maximum absolute atomic E-state index is 10.7. The summed E-state index contributed by atoms with van der Waals surface area (Å²) in [5, 5.41) is 13.7. The number of carboxylic acid groups (broad SMARTS) is 1. The Hall–Kier alpha value is -1.20. The van der Waals surface area contributed by atoms with Crippen molar-refractivity contribution in [3.8, 4) is 10.6 Å². The molecule has 0 bridgehead atoms. The number of carbonyl (C=O) groups is 1. The van der Waals surface area contributed by atoms with Crippen LogP contribution in [0.5, 0.6) is 0 Å². The molecule has 1 N–H and O–H groups in total. The molecule has 1 atom stereocenters. The van der Waals surface area contributed by atoms with Crippen LogP contribution < -0.4 is 0 Å². The van der Waals surface area contributed by atoms with Crippen molar-refractivity contribution in [3.63, 3.8) is 0 Å². The fourth-order valence-electron chi connectivity index (χ4n) is 1.29. The van der Waals surface area contributed by atoms with Crippen LogP contribution in [-0.4, -0.2) is 16.1 Å². The van der Waals surface area contributed by atoms with E-state index < -0.39 is 5.97 Å². The van der Waals surface area contributed by atoms with Crippen LogP contribution in [0.4, 0.5) is 0 Å². The molecule has 2 aromatic rings. The third-order valence-corrected chi connectivity index (χ3v) is 3.99. The second kappa shape index (κ2) is 4.76. The SMILES string of the molecule is CC(Cc1nc(-c2cccs2)cs1)C(=O)O. The molecule has 0 aliphatic carbocycles. The van der Waals surface area contributed by atoms with Crippen molar-refractivity contribution in [2.45, 2.75) is 13.3 Å². The summed E-state index contributed by atoms with van der Waals surface area (Å²) in [6, 6.07) is 4.00. The molecule has 3 nitrogen and oxygen atoms in total. The summed E-state index contributed by atoms with van der Waals surface area (Å²) in [4.78, 5) is 16.3. The Balaban J connectivity index is 2.11. The van der Waals surface area contributed by atoms with Crippen LogP contribution in [0.25, 0.3) is 10.6 Å². The van der Waals surface area contributed by atoms with Gasteiger partial charge in [-0.1, -0.05) is 13.0 Å². The topological polar surface area (TPSA) is 50.2 Å². The van der Waals surface area contributed by atoms with E-state index in [4.69, 9.17) is 5.11 Å². The van der Waals surface area contributed by atoms with Crippen LogP contribution >= 0.6 is 22.7 Å². The second-order valence-corrected chi connectivity index (χ2v) is 5.44. The van der Waals surface area contributed by atoms with Gasteiger partial charge in [0.1, 0.15) is 0 Å². The minimum atomic E-state index is -0.770. The van der Waals surface area contributed by atoms with Gasteiger partial charge >= 0.3 is 5.97 Å². The van der Waals surface area contributed by atoms with E-state index in [0.717, 1.165) is 15.6 Å². The quantitative estimate of drug-likeness (QED) is 0.910. The molecule has 0 aromatic carbocycles. The van der Waals surface area contributed by atoms with E-state index in [1.54, 1.807) is 18.3 Å². The van der Waals surface area contributed by atoms with Crippen molar-refractivity contribution in [2.75, 3.05) is 0 Å². The van der Waals surface area contributed by atoms with E-state index in [2.05, 4.69) is 4.98 Å². The summed E-state index contributed by atoms with van der Waals surface area (Å²) in [6.07, 6.45) is 0.505. The highest BCUT2D eigenvalue weighted by Crippen LogP contribution is 2.26. The van der Waals surface area contributed by atoms with Crippen molar-refractivity contribution in [2.24, 2.45) is 5.92 Å². The lowest BCUT2D eigenvalue weighted by Gasteiger charge is -2.01. The average molecular weight is 253 g/mol. The van der Waals surface area contributed by atoms with Gasteiger partial charge in [-0.3, -0.25) is 4.79 Å². The molecule has 16 heavy (non-hydrogen) atoms. The number of thiophene rings is 1. The molecule has 84 valence electrons. The number of aliphatic carboxylic acids is 1. The minimum Gasteiger partial charge on any atom is -0.481 e. The number of aromatic nitrogens is 1. The lowest BCUT2D eigenvalue weighted by atomic mass is 10.1. The Labute approximate surface area is 101 Å². The fourth-order valence-corrected chi connectivity index (χ4v) is 2.98. The summed E-state index contributed by atoms with van der Waals surface area (Å²) in [6.45, 7) is 1.70. The second-order valence-electron chi connectivity index (χ2n) is 3.55. The van der Waals surface area contributed by atoms with E-state index in [1.807, 2.05) is 22.9 Å². The first-order valence-corrected chi connectivity index (χ1v) is 6.64. The van der Waals surface area contributed by atoms with Crippen molar-refractivity contribution in [3.05, 3.63) is 27.9 Å². The first-order chi connectivity index (χ1) is 7.66. The van der Waals surface area contributed by atoms with Gasteiger partial charge in [0.05, 0.1) is 21.5 Å². The lowest BCUT2D eigenvalue weighted by molar-refractivity contribution is -0.141. The molecule has 0 fully saturated rings. The van der Waals surface area contributed by atoms with Crippen LogP contribution in [0.15, 0.2) is 22.9 Å². The number of nitrogens with zero attached hydrogens (tertiary/aromatic N) is 1. The molecule has 0 saturated heterocycles. The summed E-state index contributed by atoms with van der Waals surface area (Å²) in [7, 11) is 0. The molecular formula is C11H11NO2S2. The van der Waals surface area contributed by atoms with Crippen LogP contribution in [0.3, 0.4) is 0 Å². The van der Waals surface area contributed by atoms with Crippen molar-refractivity contribution < 1.29 is 9.90 Å². The molecular weight excluding hydrogens is 242 g/mol. The summed E-state index contributed by atoms with van der Waals surface area (Å²) < 4.78 is 0. The van der Waals surface area contributed by atoms with E-state index in [0.29, 0.717) is 6.42 Å². The Morgan fingerprint density at radius 1 is 1.56 bits per heavy atom. The number of hydrogen-bond acceptors (Lipinski definition) is 4.